The SMILES string of the molecule is CC(C)CCN(CCC(C)C)C(=O)c1cnc(C(=O)O)cn1. The number of carbonyl (C=O) groups is 2. The maximum atomic E-state index is 12.5. The number of aromatic nitrogens is 2. The van der Waals surface area contributed by atoms with Crippen LogP contribution in [0.15, 0.2) is 12.4 Å². The number of carbonyl (C=O) groups excluding carboxylic acids is 1. The highest BCUT2D eigenvalue weighted by molar-refractivity contribution is 5.92. The summed E-state index contributed by atoms with van der Waals surface area (Å²) in [6.45, 7) is 9.81. The summed E-state index contributed by atoms with van der Waals surface area (Å²) in [5.41, 5.74) is 0.0324. The molecule has 6 heteroatoms. The van der Waals surface area contributed by atoms with Crippen molar-refractivity contribution >= 4 is 11.9 Å². The molecular formula is C16H25N3O3. The molecule has 6 nitrogen and oxygen atoms in total. The number of hydrogen-bond donors (Lipinski definition) is 1. The molecule has 0 aromatic carbocycles. The Hall–Kier alpha value is -1.98. The van der Waals surface area contributed by atoms with Gasteiger partial charge in [0.05, 0.1) is 12.4 Å². The van der Waals surface area contributed by atoms with Crippen molar-refractivity contribution in [2.24, 2.45) is 11.8 Å². The van der Waals surface area contributed by atoms with Gasteiger partial charge in [-0.2, -0.15) is 0 Å². The molecule has 1 rings (SSSR count). The lowest BCUT2D eigenvalue weighted by Gasteiger charge is -2.24. The molecule has 1 aromatic heterocycles. The minimum atomic E-state index is -1.15. The van der Waals surface area contributed by atoms with Gasteiger partial charge in [0.2, 0.25) is 0 Å². The Morgan fingerprint density at radius 1 is 1.00 bits per heavy atom. The van der Waals surface area contributed by atoms with Crippen molar-refractivity contribution in [3.05, 3.63) is 23.8 Å². The normalized spacial score (nSPS) is 11.0. The van der Waals surface area contributed by atoms with Crippen molar-refractivity contribution in [3.8, 4) is 0 Å². The van der Waals surface area contributed by atoms with Gasteiger partial charge in [0.15, 0.2) is 5.69 Å². The van der Waals surface area contributed by atoms with Gasteiger partial charge in [0, 0.05) is 13.1 Å². The Balaban J connectivity index is 2.82. The van der Waals surface area contributed by atoms with E-state index in [1.807, 2.05) is 0 Å². The molecular weight excluding hydrogens is 282 g/mol. The number of nitrogens with zero attached hydrogens (tertiary/aromatic N) is 3. The maximum Gasteiger partial charge on any atom is 0.356 e. The minimum absolute atomic E-state index is 0.160. The molecule has 1 heterocycles. The van der Waals surface area contributed by atoms with Crippen molar-refractivity contribution in [1.82, 2.24) is 14.9 Å². The first-order chi connectivity index (χ1) is 10.3. The number of carboxylic acids is 1. The van der Waals surface area contributed by atoms with Crippen LogP contribution in [0.2, 0.25) is 0 Å². The monoisotopic (exact) mass is 307 g/mol. The first kappa shape index (κ1) is 18.1. The van der Waals surface area contributed by atoms with Crippen LogP contribution in [-0.4, -0.2) is 44.9 Å². The second-order valence-electron chi connectivity index (χ2n) is 6.25. The summed E-state index contributed by atoms with van der Waals surface area (Å²) in [5, 5.41) is 8.82. The van der Waals surface area contributed by atoms with Gasteiger partial charge in [-0.05, 0) is 24.7 Å². The summed E-state index contributed by atoms with van der Waals surface area (Å²) >= 11 is 0. The van der Waals surface area contributed by atoms with E-state index in [0.717, 1.165) is 19.0 Å². The van der Waals surface area contributed by atoms with E-state index in [0.29, 0.717) is 24.9 Å². The van der Waals surface area contributed by atoms with Gasteiger partial charge < -0.3 is 10.0 Å². The summed E-state index contributed by atoms with van der Waals surface area (Å²) in [7, 11) is 0. The van der Waals surface area contributed by atoms with E-state index >= 15 is 0 Å². The number of carboxylic acid groups (broad SMARTS) is 1. The molecule has 0 bridgehead atoms. The highest BCUT2D eigenvalue weighted by Gasteiger charge is 2.18. The average Bonchev–Trinajstić information content (AvgIpc) is 2.46. The molecule has 0 aliphatic heterocycles. The molecule has 0 atom stereocenters. The molecule has 0 spiro atoms. The van der Waals surface area contributed by atoms with Crippen LogP contribution in [0.5, 0.6) is 0 Å². The van der Waals surface area contributed by atoms with Crippen LogP contribution in [0.4, 0.5) is 0 Å². The smallest absolute Gasteiger partial charge is 0.356 e. The van der Waals surface area contributed by atoms with Crippen LogP contribution in [-0.2, 0) is 0 Å². The van der Waals surface area contributed by atoms with E-state index in [1.165, 1.54) is 6.20 Å². The largest absolute Gasteiger partial charge is 0.476 e. The summed E-state index contributed by atoms with van der Waals surface area (Å²) in [6.07, 6.45) is 4.21. The van der Waals surface area contributed by atoms with Gasteiger partial charge >= 0.3 is 5.97 Å². The molecule has 122 valence electrons. The molecule has 1 aromatic rings. The first-order valence-electron chi connectivity index (χ1n) is 7.65. The fourth-order valence-corrected chi connectivity index (χ4v) is 1.85. The van der Waals surface area contributed by atoms with Crippen molar-refractivity contribution in [3.63, 3.8) is 0 Å². The van der Waals surface area contributed by atoms with Crippen LogP contribution in [0.1, 0.15) is 61.5 Å². The third-order valence-corrected chi connectivity index (χ3v) is 3.33. The third kappa shape index (κ3) is 5.79. The number of hydrogen-bond acceptors (Lipinski definition) is 4. The molecule has 0 aliphatic rings. The predicted molar refractivity (Wildman–Crippen MR) is 83.8 cm³/mol. The van der Waals surface area contributed by atoms with Crippen molar-refractivity contribution in [1.29, 1.82) is 0 Å². The van der Waals surface area contributed by atoms with Gasteiger partial charge in [0.1, 0.15) is 5.69 Å². The summed E-state index contributed by atoms with van der Waals surface area (Å²) in [6, 6.07) is 0. The van der Waals surface area contributed by atoms with Crippen LogP contribution in [0.25, 0.3) is 0 Å². The van der Waals surface area contributed by atoms with Crippen LogP contribution >= 0.6 is 0 Å². The third-order valence-electron chi connectivity index (χ3n) is 3.33. The molecule has 0 fully saturated rings. The lowest BCUT2D eigenvalue weighted by atomic mass is 10.1. The molecule has 1 amide bonds. The zero-order valence-corrected chi connectivity index (χ0v) is 13.7. The first-order valence-corrected chi connectivity index (χ1v) is 7.65. The lowest BCUT2D eigenvalue weighted by Crippen LogP contribution is -2.34. The molecule has 0 saturated heterocycles. The number of amides is 1. The lowest BCUT2D eigenvalue weighted by molar-refractivity contribution is 0.0684. The predicted octanol–water partition coefficient (Wildman–Crippen LogP) is 2.71. The highest BCUT2D eigenvalue weighted by Crippen LogP contribution is 2.10. The summed E-state index contributed by atoms with van der Waals surface area (Å²) < 4.78 is 0. The average molecular weight is 307 g/mol. The van der Waals surface area contributed by atoms with Gasteiger partial charge in [0.25, 0.3) is 5.91 Å². The van der Waals surface area contributed by atoms with Gasteiger partial charge in [-0.3, -0.25) is 4.79 Å². The zero-order chi connectivity index (χ0) is 16.7. The van der Waals surface area contributed by atoms with E-state index in [4.69, 9.17) is 5.11 Å². The van der Waals surface area contributed by atoms with E-state index in [1.54, 1.807) is 4.90 Å². The molecule has 0 unspecified atom stereocenters. The number of rotatable bonds is 8. The zero-order valence-electron chi connectivity index (χ0n) is 13.7. The van der Waals surface area contributed by atoms with Crippen molar-refractivity contribution in [2.75, 3.05) is 13.1 Å². The van der Waals surface area contributed by atoms with Crippen LogP contribution < -0.4 is 0 Å². The van der Waals surface area contributed by atoms with E-state index in [2.05, 4.69) is 37.7 Å². The minimum Gasteiger partial charge on any atom is -0.476 e. The van der Waals surface area contributed by atoms with Gasteiger partial charge in [-0.15, -0.1) is 0 Å². The second-order valence-corrected chi connectivity index (χ2v) is 6.25. The maximum absolute atomic E-state index is 12.5. The molecule has 0 aliphatic carbocycles. The number of aromatic carboxylic acids is 1. The topological polar surface area (TPSA) is 83.4 Å². The van der Waals surface area contributed by atoms with Crippen LogP contribution in [0, 0.1) is 11.8 Å². The van der Waals surface area contributed by atoms with E-state index in [9.17, 15) is 9.59 Å². The highest BCUT2D eigenvalue weighted by atomic mass is 16.4. The Morgan fingerprint density at radius 3 is 1.82 bits per heavy atom. The molecule has 22 heavy (non-hydrogen) atoms. The van der Waals surface area contributed by atoms with Gasteiger partial charge in [-0.1, -0.05) is 27.7 Å². The Morgan fingerprint density at radius 2 is 1.45 bits per heavy atom. The van der Waals surface area contributed by atoms with Crippen molar-refractivity contribution < 1.29 is 14.7 Å². The van der Waals surface area contributed by atoms with Crippen LogP contribution in [0.3, 0.4) is 0 Å². The summed E-state index contributed by atoms with van der Waals surface area (Å²) in [5.74, 6) is -0.321. The Labute approximate surface area is 131 Å². The fraction of sp³-hybridized carbons (Fsp3) is 0.625. The molecule has 0 saturated carbocycles. The Bertz CT molecular complexity index is 486. The quantitative estimate of drug-likeness (QED) is 0.798. The standard InChI is InChI=1S/C16H25N3O3/c1-11(2)5-7-19(8-6-12(3)4)15(20)13-9-18-14(10-17-13)16(21)22/h9-12H,5-8H2,1-4H3,(H,21,22). The van der Waals surface area contributed by atoms with E-state index < -0.39 is 5.97 Å². The second kappa shape index (κ2) is 8.46. The van der Waals surface area contributed by atoms with Gasteiger partial charge in [-0.25, -0.2) is 14.8 Å². The summed E-state index contributed by atoms with van der Waals surface area (Å²) in [4.78, 5) is 32.8. The Kier molecular flexibility index (Phi) is 6.95. The molecule has 0 radical (unpaired) electrons. The fourth-order valence-electron chi connectivity index (χ4n) is 1.85. The molecule has 1 N–H and O–H groups in total. The van der Waals surface area contributed by atoms with E-state index in [-0.39, 0.29) is 17.3 Å². The van der Waals surface area contributed by atoms with Crippen molar-refractivity contribution in [2.45, 2.75) is 40.5 Å².